The van der Waals surface area contributed by atoms with Gasteiger partial charge in [0.1, 0.15) is 5.75 Å². The maximum Gasteiger partial charge on any atom is 0.119 e. The van der Waals surface area contributed by atoms with E-state index in [0.29, 0.717) is 5.75 Å². The molecule has 0 radical (unpaired) electrons. The lowest BCUT2D eigenvalue weighted by molar-refractivity contribution is 0.446. The van der Waals surface area contributed by atoms with Crippen molar-refractivity contribution in [2.75, 3.05) is 0 Å². The SMILES string of the molecule is CCCCCCCc1ccc(O)c(C(C)(C)C)c1. The molecule has 0 bridgehead atoms. The summed E-state index contributed by atoms with van der Waals surface area (Å²) in [5.41, 5.74) is 2.44. The summed E-state index contributed by atoms with van der Waals surface area (Å²) in [6, 6.07) is 6.08. The van der Waals surface area contributed by atoms with Gasteiger partial charge in [-0.25, -0.2) is 0 Å². The predicted molar refractivity (Wildman–Crippen MR) is 79.3 cm³/mol. The van der Waals surface area contributed by atoms with Crippen LogP contribution in [-0.2, 0) is 11.8 Å². The Morgan fingerprint density at radius 2 is 1.67 bits per heavy atom. The van der Waals surface area contributed by atoms with Gasteiger partial charge in [0.05, 0.1) is 0 Å². The molecule has 0 saturated heterocycles. The maximum atomic E-state index is 9.91. The minimum Gasteiger partial charge on any atom is -0.508 e. The Hall–Kier alpha value is -0.980. The van der Waals surface area contributed by atoms with Crippen molar-refractivity contribution in [3.05, 3.63) is 29.3 Å². The van der Waals surface area contributed by atoms with Gasteiger partial charge in [-0.2, -0.15) is 0 Å². The molecule has 0 heterocycles. The van der Waals surface area contributed by atoms with Crippen molar-refractivity contribution in [3.63, 3.8) is 0 Å². The molecular formula is C17H28O. The summed E-state index contributed by atoms with van der Waals surface area (Å²) in [5, 5.41) is 9.91. The molecule has 1 nitrogen and oxygen atoms in total. The Morgan fingerprint density at radius 3 is 2.28 bits per heavy atom. The number of benzene rings is 1. The zero-order valence-electron chi connectivity index (χ0n) is 12.4. The lowest BCUT2D eigenvalue weighted by Crippen LogP contribution is -2.11. The molecule has 0 aliphatic rings. The zero-order valence-corrected chi connectivity index (χ0v) is 12.4. The smallest absolute Gasteiger partial charge is 0.119 e. The Balaban J connectivity index is 2.57. The molecule has 0 amide bonds. The average molecular weight is 248 g/mol. The summed E-state index contributed by atoms with van der Waals surface area (Å²) in [4.78, 5) is 0. The van der Waals surface area contributed by atoms with Crippen LogP contribution in [0.5, 0.6) is 5.75 Å². The Morgan fingerprint density at radius 1 is 1.00 bits per heavy atom. The van der Waals surface area contributed by atoms with E-state index in [1.807, 2.05) is 6.07 Å². The number of aromatic hydroxyl groups is 1. The van der Waals surface area contributed by atoms with Gasteiger partial charge in [-0.15, -0.1) is 0 Å². The highest BCUT2D eigenvalue weighted by Gasteiger charge is 2.18. The second kappa shape index (κ2) is 6.82. The van der Waals surface area contributed by atoms with Gasteiger partial charge in [-0.3, -0.25) is 0 Å². The molecule has 1 rings (SSSR count). The number of hydrogen-bond donors (Lipinski definition) is 1. The van der Waals surface area contributed by atoms with Crippen LogP contribution >= 0.6 is 0 Å². The number of rotatable bonds is 6. The van der Waals surface area contributed by atoms with E-state index < -0.39 is 0 Å². The monoisotopic (exact) mass is 248 g/mol. The van der Waals surface area contributed by atoms with Crippen LogP contribution < -0.4 is 0 Å². The summed E-state index contributed by atoms with van der Waals surface area (Å²) < 4.78 is 0. The fraction of sp³-hybridized carbons (Fsp3) is 0.647. The number of phenols is 1. The molecule has 1 aromatic carbocycles. The topological polar surface area (TPSA) is 20.2 Å². The Bertz CT molecular complexity index is 360. The molecule has 0 aromatic heterocycles. The van der Waals surface area contributed by atoms with Gasteiger partial charge in [-0.05, 0) is 35.4 Å². The van der Waals surface area contributed by atoms with Crippen LogP contribution in [0.1, 0.15) is 70.9 Å². The van der Waals surface area contributed by atoms with Gasteiger partial charge < -0.3 is 5.11 Å². The van der Waals surface area contributed by atoms with Crippen molar-refractivity contribution < 1.29 is 5.11 Å². The van der Waals surface area contributed by atoms with E-state index in [1.54, 1.807) is 0 Å². The lowest BCUT2D eigenvalue weighted by atomic mass is 9.85. The van der Waals surface area contributed by atoms with Gasteiger partial charge >= 0.3 is 0 Å². The van der Waals surface area contributed by atoms with E-state index >= 15 is 0 Å². The van der Waals surface area contributed by atoms with Crippen LogP contribution in [0.15, 0.2) is 18.2 Å². The standard InChI is InChI=1S/C17H28O/c1-5-6-7-8-9-10-14-11-12-16(18)15(13-14)17(2,3)4/h11-13,18H,5-10H2,1-4H3. The van der Waals surface area contributed by atoms with Gasteiger partial charge in [0.2, 0.25) is 0 Å². The van der Waals surface area contributed by atoms with Crippen LogP contribution in [-0.4, -0.2) is 5.11 Å². The molecule has 0 aliphatic heterocycles. The predicted octanol–water partition coefficient (Wildman–Crippen LogP) is 5.20. The second-order valence-electron chi connectivity index (χ2n) is 6.27. The first-order valence-electron chi connectivity index (χ1n) is 7.27. The average Bonchev–Trinajstić information content (AvgIpc) is 2.29. The van der Waals surface area contributed by atoms with Crippen molar-refractivity contribution in [1.82, 2.24) is 0 Å². The van der Waals surface area contributed by atoms with Gasteiger partial charge in [0, 0.05) is 0 Å². The first-order valence-corrected chi connectivity index (χ1v) is 7.27. The maximum absolute atomic E-state index is 9.91. The van der Waals surface area contributed by atoms with Crippen LogP contribution in [0.2, 0.25) is 0 Å². The number of unbranched alkanes of at least 4 members (excludes halogenated alkanes) is 4. The molecule has 1 aromatic rings. The fourth-order valence-corrected chi connectivity index (χ4v) is 2.27. The van der Waals surface area contributed by atoms with Crippen molar-refractivity contribution >= 4 is 0 Å². The molecule has 0 unspecified atom stereocenters. The van der Waals surface area contributed by atoms with Crippen LogP contribution in [0.4, 0.5) is 0 Å². The van der Waals surface area contributed by atoms with Crippen molar-refractivity contribution in [2.24, 2.45) is 0 Å². The summed E-state index contributed by atoms with van der Waals surface area (Å²) in [5.74, 6) is 0.428. The molecule has 0 fully saturated rings. The summed E-state index contributed by atoms with van der Waals surface area (Å²) in [6.45, 7) is 8.68. The molecule has 0 atom stereocenters. The third-order valence-corrected chi connectivity index (χ3v) is 3.44. The van der Waals surface area contributed by atoms with E-state index in [-0.39, 0.29) is 5.41 Å². The lowest BCUT2D eigenvalue weighted by Gasteiger charge is -2.21. The van der Waals surface area contributed by atoms with E-state index in [2.05, 4.69) is 39.8 Å². The Labute approximate surface area is 112 Å². The van der Waals surface area contributed by atoms with Gasteiger partial charge in [0.15, 0.2) is 0 Å². The van der Waals surface area contributed by atoms with Crippen LogP contribution in [0.25, 0.3) is 0 Å². The zero-order chi connectivity index (χ0) is 13.6. The highest BCUT2D eigenvalue weighted by atomic mass is 16.3. The first-order chi connectivity index (χ1) is 8.45. The minimum atomic E-state index is 0.0162. The normalized spacial score (nSPS) is 11.8. The van der Waals surface area contributed by atoms with Gasteiger partial charge in [-0.1, -0.05) is 65.5 Å². The third kappa shape index (κ3) is 4.72. The molecule has 0 saturated carbocycles. The molecule has 18 heavy (non-hydrogen) atoms. The van der Waals surface area contributed by atoms with Crippen LogP contribution in [0.3, 0.4) is 0 Å². The molecular weight excluding hydrogens is 220 g/mol. The number of aryl methyl sites for hydroxylation is 1. The van der Waals surface area contributed by atoms with Crippen LogP contribution in [0, 0.1) is 0 Å². The third-order valence-electron chi connectivity index (χ3n) is 3.44. The second-order valence-corrected chi connectivity index (χ2v) is 6.27. The number of phenolic OH excluding ortho intramolecular Hbond substituents is 1. The largest absolute Gasteiger partial charge is 0.508 e. The summed E-state index contributed by atoms with van der Waals surface area (Å²) in [7, 11) is 0. The first kappa shape index (κ1) is 15.1. The highest BCUT2D eigenvalue weighted by molar-refractivity contribution is 5.40. The van der Waals surface area contributed by atoms with E-state index in [1.165, 1.54) is 37.7 Å². The molecule has 0 spiro atoms. The van der Waals surface area contributed by atoms with Gasteiger partial charge in [0.25, 0.3) is 0 Å². The number of hydrogen-bond acceptors (Lipinski definition) is 1. The molecule has 1 N–H and O–H groups in total. The fourth-order valence-electron chi connectivity index (χ4n) is 2.27. The minimum absolute atomic E-state index is 0.0162. The van der Waals surface area contributed by atoms with Crippen molar-refractivity contribution in [1.29, 1.82) is 0 Å². The molecule has 102 valence electrons. The van der Waals surface area contributed by atoms with E-state index in [4.69, 9.17) is 0 Å². The summed E-state index contributed by atoms with van der Waals surface area (Å²) in [6.07, 6.45) is 7.71. The Kier molecular flexibility index (Phi) is 5.71. The molecule has 0 aliphatic carbocycles. The van der Waals surface area contributed by atoms with E-state index in [9.17, 15) is 5.11 Å². The van der Waals surface area contributed by atoms with Crippen molar-refractivity contribution in [2.45, 2.75) is 71.6 Å². The van der Waals surface area contributed by atoms with E-state index in [0.717, 1.165) is 12.0 Å². The quantitative estimate of drug-likeness (QED) is 0.686. The van der Waals surface area contributed by atoms with Crippen molar-refractivity contribution in [3.8, 4) is 5.75 Å². The highest BCUT2D eigenvalue weighted by Crippen LogP contribution is 2.31. The summed E-state index contributed by atoms with van der Waals surface area (Å²) >= 11 is 0. The molecule has 1 heteroatoms.